The molecule has 3 aromatic rings. The van der Waals surface area contributed by atoms with E-state index >= 15 is 0 Å². The van der Waals surface area contributed by atoms with Gasteiger partial charge in [-0.25, -0.2) is 0 Å². The Kier molecular flexibility index (Phi) is 6.01. The van der Waals surface area contributed by atoms with Crippen LogP contribution in [0.1, 0.15) is 18.2 Å². The number of hydrogen-bond donors (Lipinski definition) is 2. The van der Waals surface area contributed by atoms with E-state index in [-0.39, 0.29) is 41.4 Å². The molecule has 2 N–H and O–H groups in total. The van der Waals surface area contributed by atoms with Crippen molar-refractivity contribution in [3.05, 3.63) is 51.9 Å². The van der Waals surface area contributed by atoms with Gasteiger partial charge in [-0.1, -0.05) is 0 Å². The first-order valence-electron chi connectivity index (χ1n) is 9.10. The van der Waals surface area contributed by atoms with Crippen LogP contribution in [-0.2, 0) is 16.0 Å². The third kappa shape index (κ3) is 4.66. The number of methoxy groups -OCH3 is 1. The largest absolute Gasteiger partial charge is 0.497 e. The van der Waals surface area contributed by atoms with E-state index in [1.54, 1.807) is 38.3 Å². The van der Waals surface area contributed by atoms with Crippen LogP contribution in [0.5, 0.6) is 5.75 Å². The molecule has 0 aliphatic heterocycles. The number of amides is 2. The fraction of sp³-hybridized carbons (Fsp3) is 0.286. The smallest absolute Gasteiger partial charge is 0.228 e. The first-order chi connectivity index (χ1) is 13.9. The Morgan fingerprint density at radius 2 is 1.72 bits per heavy atom. The van der Waals surface area contributed by atoms with Crippen molar-refractivity contribution in [2.45, 2.75) is 20.3 Å². The minimum absolute atomic E-state index is 0.0408. The van der Waals surface area contributed by atoms with Crippen LogP contribution in [0.15, 0.2) is 44.0 Å². The van der Waals surface area contributed by atoms with Crippen LogP contribution in [0, 0.1) is 6.92 Å². The summed E-state index contributed by atoms with van der Waals surface area (Å²) in [7, 11) is 1.57. The first kappa shape index (κ1) is 20.2. The maximum atomic E-state index is 12.4. The molecular formula is C21H22N2O6. The summed E-state index contributed by atoms with van der Waals surface area (Å²) < 4.78 is 16.7. The number of benzene rings is 1. The quantitative estimate of drug-likeness (QED) is 0.590. The lowest BCUT2D eigenvalue weighted by atomic mass is 10.1. The van der Waals surface area contributed by atoms with E-state index in [4.69, 9.17) is 13.6 Å². The highest BCUT2D eigenvalue weighted by Gasteiger charge is 2.22. The first-order valence-corrected chi connectivity index (χ1v) is 9.10. The van der Waals surface area contributed by atoms with E-state index in [0.29, 0.717) is 34.9 Å². The summed E-state index contributed by atoms with van der Waals surface area (Å²) in [5.41, 5.74) is 1.20. The Morgan fingerprint density at radius 1 is 1.03 bits per heavy atom. The van der Waals surface area contributed by atoms with Gasteiger partial charge in [-0.2, -0.15) is 0 Å². The van der Waals surface area contributed by atoms with E-state index in [0.717, 1.165) is 0 Å². The zero-order valence-corrected chi connectivity index (χ0v) is 16.5. The second-order valence-corrected chi connectivity index (χ2v) is 6.53. The van der Waals surface area contributed by atoms with Crippen molar-refractivity contribution in [1.82, 2.24) is 10.6 Å². The van der Waals surface area contributed by atoms with Crippen molar-refractivity contribution in [2.75, 3.05) is 20.2 Å². The predicted molar refractivity (Wildman–Crippen MR) is 107 cm³/mol. The SMILES string of the molecule is COc1ccc(-c2oc3c(=O)cc(C)oc3c2CC(=O)NCCNC(C)=O)cc1. The molecule has 8 nitrogen and oxygen atoms in total. The van der Waals surface area contributed by atoms with Gasteiger partial charge in [0.2, 0.25) is 22.8 Å². The van der Waals surface area contributed by atoms with Crippen molar-refractivity contribution in [3.8, 4) is 17.1 Å². The highest BCUT2D eigenvalue weighted by molar-refractivity contribution is 5.90. The number of aryl methyl sites for hydroxylation is 1. The lowest BCUT2D eigenvalue weighted by molar-refractivity contribution is -0.121. The van der Waals surface area contributed by atoms with Crippen molar-refractivity contribution in [3.63, 3.8) is 0 Å². The lowest BCUT2D eigenvalue weighted by Gasteiger charge is -2.07. The van der Waals surface area contributed by atoms with Crippen LogP contribution < -0.4 is 20.8 Å². The molecule has 0 atom stereocenters. The van der Waals surface area contributed by atoms with Crippen LogP contribution in [-0.4, -0.2) is 32.0 Å². The predicted octanol–water partition coefficient (Wildman–Crippen LogP) is 2.16. The summed E-state index contributed by atoms with van der Waals surface area (Å²) in [4.78, 5) is 35.7. The molecule has 0 radical (unpaired) electrons. The van der Waals surface area contributed by atoms with Gasteiger partial charge in [0.15, 0.2) is 5.58 Å². The fourth-order valence-electron chi connectivity index (χ4n) is 2.96. The van der Waals surface area contributed by atoms with Gasteiger partial charge in [-0.3, -0.25) is 14.4 Å². The van der Waals surface area contributed by atoms with E-state index in [2.05, 4.69) is 10.6 Å². The number of fused-ring (bicyclic) bond motifs is 1. The van der Waals surface area contributed by atoms with Crippen molar-refractivity contribution >= 4 is 23.0 Å². The fourth-order valence-corrected chi connectivity index (χ4v) is 2.96. The standard InChI is InChI=1S/C21H22N2O6/c1-12-10-17(25)21-20(28-12)16(11-18(26)23-9-8-22-13(2)24)19(29-21)14-4-6-15(27-3)7-5-14/h4-7,10H,8-9,11H2,1-3H3,(H,22,24)(H,23,26). The molecular weight excluding hydrogens is 376 g/mol. The number of nitrogens with one attached hydrogen (secondary N) is 2. The Morgan fingerprint density at radius 3 is 2.38 bits per heavy atom. The summed E-state index contributed by atoms with van der Waals surface area (Å²) in [6.45, 7) is 3.69. The van der Waals surface area contributed by atoms with E-state index < -0.39 is 0 Å². The summed E-state index contributed by atoms with van der Waals surface area (Å²) in [5, 5.41) is 5.34. The molecule has 3 rings (SSSR count). The van der Waals surface area contributed by atoms with Gasteiger partial charge in [0.05, 0.1) is 19.1 Å². The number of furan rings is 1. The minimum atomic E-state index is -0.309. The molecule has 0 saturated carbocycles. The highest BCUT2D eigenvalue weighted by atomic mass is 16.5. The molecule has 0 bridgehead atoms. The molecule has 152 valence electrons. The third-order valence-electron chi connectivity index (χ3n) is 4.29. The summed E-state index contributed by atoms with van der Waals surface area (Å²) in [6, 6.07) is 8.44. The zero-order chi connectivity index (χ0) is 21.0. The molecule has 29 heavy (non-hydrogen) atoms. The van der Waals surface area contributed by atoms with Gasteiger partial charge in [-0.05, 0) is 31.2 Å². The molecule has 2 heterocycles. The van der Waals surface area contributed by atoms with E-state index in [9.17, 15) is 14.4 Å². The van der Waals surface area contributed by atoms with E-state index in [1.807, 2.05) is 0 Å². The van der Waals surface area contributed by atoms with Gasteiger partial charge in [-0.15, -0.1) is 0 Å². The summed E-state index contributed by atoms with van der Waals surface area (Å²) in [6.07, 6.45) is -0.0408. The minimum Gasteiger partial charge on any atom is -0.497 e. The van der Waals surface area contributed by atoms with Crippen molar-refractivity contribution in [1.29, 1.82) is 0 Å². The maximum absolute atomic E-state index is 12.4. The molecule has 0 unspecified atom stereocenters. The molecule has 0 spiro atoms. The van der Waals surface area contributed by atoms with Crippen LogP contribution in [0.25, 0.3) is 22.5 Å². The Labute approximate surface area is 166 Å². The van der Waals surface area contributed by atoms with Crippen LogP contribution in [0.3, 0.4) is 0 Å². The lowest BCUT2D eigenvalue weighted by Crippen LogP contribution is -2.34. The molecule has 2 aromatic heterocycles. The zero-order valence-electron chi connectivity index (χ0n) is 16.5. The third-order valence-corrected chi connectivity index (χ3v) is 4.29. The van der Waals surface area contributed by atoms with Gasteiger partial charge < -0.3 is 24.2 Å². The number of ether oxygens (including phenoxy) is 1. The monoisotopic (exact) mass is 398 g/mol. The van der Waals surface area contributed by atoms with Crippen molar-refractivity contribution < 1.29 is 23.2 Å². The topological polar surface area (TPSA) is 111 Å². The average Bonchev–Trinajstić information content (AvgIpc) is 3.04. The van der Waals surface area contributed by atoms with Gasteiger partial charge in [0.25, 0.3) is 0 Å². The summed E-state index contributed by atoms with van der Waals surface area (Å²) >= 11 is 0. The second kappa shape index (κ2) is 8.64. The Hall–Kier alpha value is -3.55. The molecule has 0 aliphatic carbocycles. The highest BCUT2D eigenvalue weighted by Crippen LogP contribution is 2.34. The number of carbonyl (C=O) groups excluding carboxylic acids is 2. The van der Waals surface area contributed by atoms with Crippen LogP contribution in [0.2, 0.25) is 0 Å². The molecule has 1 aromatic carbocycles. The van der Waals surface area contributed by atoms with Crippen molar-refractivity contribution in [2.24, 2.45) is 0 Å². The number of carbonyl (C=O) groups is 2. The normalized spacial score (nSPS) is 10.7. The molecule has 0 aliphatic rings. The van der Waals surface area contributed by atoms with Crippen LogP contribution >= 0.6 is 0 Å². The maximum Gasteiger partial charge on any atom is 0.228 e. The Bertz CT molecular complexity index is 1090. The van der Waals surface area contributed by atoms with Gasteiger partial charge in [0, 0.05) is 31.6 Å². The van der Waals surface area contributed by atoms with E-state index in [1.165, 1.54) is 13.0 Å². The second-order valence-electron chi connectivity index (χ2n) is 6.53. The molecule has 0 saturated heterocycles. The number of hydrogen-bond acceptors (Lipinski definition) is 6. The van der Waals surface area contributed by atoms with Crippen LogP contribution in [0.4, 0.5) is 0 Å². The number of rotatable bonds is 7. The summed E-state index contributed by atoms with van der Waals surface area (Å²) in [5.74, 6) is 1.05. The molecule has 0 fully saturated rings. The molecule has 8 heteroatoms. The average molecular weight is 398 g/mol. The van der Waals surface area contributed by atoms with Gasteiger partial charge in [0.1, 0.15) is 17.3 Å². The molecule has 2 amide bonds. The van der Waals surface area contributed by atoms with Gasteiger partial charge >= 0.3 is 0 Å². The Balaban J connectivity index is 1.95.